The number of benzene rings is 1. The van der Waals surface area contributed by atoms with Crippen LogP contribution in [0.4, 0.5) is 0 Å². The second-order valence-electron chi connectivity index (χ2n) is 7.78. The molecule has 28 heavy (non-hydrogen) atoms. The molecule has 3 aromatic heterocycles. The van der Waals surface area contributed by atoms with E-state index in [1.54, 1.807) is 0 Å². The lowest BCUT2D eigenvalue weighted by molar-refractivity contribution is 0.0699. The summed E-state index contributed by atoms with van der Waals surface area (Å²) in [5.41, 5.74) is 5.71. The van der Waals surface area contributed by atoms with Crippen molar-refractivity contribution in [2.75, 3.05) is 13.1 Å². The number of hydrogen-bond donors (Lipinski definition) is 1. The maximum atomic E-state index is 13.1. The van der Waals surface area contributed by atoms with E-state index < -0.39 is 0 Å². The van der Waals surface area contributed by atoms with Gasteiger partial charge in [0.15, 0.2) is 0 Å². The molecule has 1 aliphatic heterocycles. The zero-order valence-corrected chi connectivity index (χ0v) is 16.1. The molecule has 0 aliphatic carbocycles. The number of nitrogens with one attached hydrogen (secondary N) is 1. The van der Waals surface area contributed by atoms with Crippen molar-refractivity contribution >= 4 is 22.6 Å². The smallest absolute Gasteiger partial charge is 0.274 e. The quantitative estimate of drug-likeness (QED) is 0.580. The molecular formula is C22H23N5O. The van der Waals surface area contributed by atoms with Crippen molar-refractivity contribution in [2.24, 2.45) is 0 Å². The third-order valence-electron chi connectivity index (χ3n) is 5.65. The van der Waals surface area contributed by atoms with Gasteiger partial charge in [0.1, 0.15) is 17.2 Å². The van der Waals surface area contributed by atoms with Crippen LogP contribution in [0, 0.1) is 13.8 Å². The van der Waals surface area contributed by atoms with Gasteiger partial charge >= 0.3 is 0 Å². The Labute approximate surface area is 163 Å². The van der Waals surface area contributed by atoms with E-state index in [-0.39, 0.29) is 11.8 Å². The molecule has 1 amide bonds. The van der Waals surface area contributed by atoms with Crippen molar-refractivity contribution in [2.45, 2.75) is 32.6 Å². The number of pyridine rings is 1. The molecule has 5 rings (SSSR count). The van der Waals surface area contributed by atoms with E-state index in [1.807, 2.05) is 46.8 Å². The van der Waals surface area contributed by atoms with Gasteiger partial charge in [-0.15, -0.1) is 0 Å². The van der Waals surface area contributed by atoms with Gasteiger partial charge in [0.05, 0.1) is 11.0 Å². The molecule has 4 heterocycles. The average Bonchev–Trinajstić information content (AvgIpc) is 3.32. The molecule has 1 N–H and O–H groups in total. The molecule has 0 unspecified atom stereocenters. The molecule has 6 heteroatoms. The standard InChI is InChI=1S/C22H23N5O/c1-14-8-9-19-23-18(13-27(19)11-14)22(28)26-10-4-6-16(12-26)21-24-17-7-3-5-15(2)20(17)25-21/h3,5,7-9,11,13,16H,4,6,10,12H2,1-2H3,(H,24,25)/t16-/m0/s1. The molecule has 1 fully saturated rings. The van der Waals surface area contributed by atoms with Gasteiger partial charge in [-0.05, 0) is 49.9 Å². The Bertz CT molecular complexity index is 1190. The Hall–Kier alpha value is -3.15. The number of fused-ring (bicyclic) bond motifs is 2. The minimum atomic E-state index is -0.00153. The number of imidazole rings is 2. The molecule has 4 aromatic rings. The van der Waals surface area contributed by atoms with Crippen molar-refractivity contribution < 1.29 is 4.79 Å². The van der Waals surface area contributed by atoms with E-state index in [9.17, 15) is 4.79 Å². The van der Waals surface area contributed by atoms with E-state index in [4.69, 9.17) is 4.98 Å². The van der Waals surface area contributed by atoms with Crippen LogP contribution >= 0.6 is 0 Å². The summed E-state index contributed by atoms with van der Waals surface area (Å²) in [5, 5.41) is 0. The molecule has 1 atom stereocenters. The number of aromatic amines is 1. The van der Waals surface area contributed by atoms with Gasteiger partial charge in [0.25, 0.3) is 5.91 Å². The number of likely N-dealkylation sites (tertiary alicyclic amines) is 1. The van der Waals surface area contributed by atoms with Crippen LogP contribution in [-0.2, 0) is 0 Å². The van der Waals surface area contributed by atoms with Gasteiger partial charge in [-0.3, -0.25) is 4.79 Å². The van der Waals surface area contributed by atoms with Crippen LogP contribution in [-0.4, -0.2) is 43.2 Å². The van der Waals surface area contributed by atoms with Gasteiger partial charge in [-0.1, -0.05) is 18.2 Å². The predicted octanol–water partition coefficient (Wildman–Crippen LogP) is 3.85. The summed E-state index contributed by atoms with van der Waals surface area (Å²) >= 11 is 0. The number of aryl methyl sites for hydroxylation is 2. The molecule has 0 saturated carbocycles. The van der Waals surface area contributed by atoms with Gasteiger partial charge in [0, 0.05) is 31.4 Å². The average molecular weight is 373 g/mol. The second-order valence-corrected chi connectivity index (χ2v) is 7.78. The molecule has 1 aliphatic rings. The number of aromatic nitrogens is 4. The summed E-state index contributed by atoms with van der Waals surface area (Å²) in [6.45, 7) is 5.55. The maximum absolute atomic E-state index is 13.1. The maximum Gasteiger partial charge on any atom is 0.274 e. The summed E-state index contributed by atoms with van der Waals surface area (Å²) in [6, 6.07) is 10.1. The molecule has 0 radical (unpaired) electrons. The first-order valence-electron chi connectivity index (χ1n) is 9.78. The molecule has 0 spiro atoms. The highest BCUT2D eigenvalue weighted by Crippen LogP contribution is 2.28. The topological polar surface area (TPSA) is 66.3 Å². The molecule has 142 valence electrons. The van der Waals surface area contributed by atoms with Crippen LogP contribution in [0.3, 0.4) is 0 Å². The highest BCUT2D eigenvalue weighted by atomic mass is 16.2. The summed E-state index contributed by atoms with van der Waals surface area (Å²) in [4.78, 5) is 27.8. The molecule has 1 aromatic carbocycles. The van der Waals surface area contributed by atoms with Gasteiger partial charge < -0.3 is 14.3 Å². The van der Waals surface area contributed by atoms with Crippen LogP contribution in [0.1, 0.15) is 46.2 Å². The van der Waals surface area contributed by atoms with E-state index in [2.05, 4.69) is 29.0 Å². The van der Waals surface area contributed by atoms with Crippen molar-refractivity contribution in [1.29, 1.82) is 0 Å². The van der Waals surface area contributed by atoms with E-state index in [0.29, 0.717) is 12.2 Å². The van der Waals surface area contributed by atoms with E-state index in [1.165, 1.54) is 5.56 Å². The molecule has 6 nitrogen and oxygen atoms in total. The molecule has 1 saturated heterocycles. The first kappa shape index (κ1) is 17.0. The van der Waals surface area contributed by atoms with Crippen LogP contribution in [0.25, 0.3) is 16.7 Å². The van der Waals surface area contributed by atoms with E-state index in [0.717, 1.165) is 47.5 Å². The fraction of sp³-hybridized carbons (Fsp3) is 0.318. The number of carbonyl (C=O) groups excluding carboxylic acids is 1. The lowest BCUT2D eigenvalue weighted by Gasteiger charge is -2.31. The zero-order valence-electron chi connectivity index (χ0n) is 16.1. The van der Waals surface area contributed by atoms with Crippen molar-refractivity contribution in [1.82, 2.24) is 24.3 Å². The fourth-order valence-corrected chi connectivity index (χ4v) is 4.14. The summed E-state index contributed by atoms with van der Waals surface area (Å²) in [5.74, 6) is 1.20. The summed E-state index contributed by atoms with van der Waals surface area (Å²) in [7, 11) is 0. The highest BCUT2D eigenvalue weighted by Gasteiger charge is 2.28. The second kappa shape index (κ2) is 6.48. The van der Waals surface area contributed by atoms with Crippen LogP contribution < -0.4 is 0 Å². The summed E-state index contributed by atoms with van der Waals surface area (Å²) in [6.07, 6.45) is 5.83. The lowest BCUT2D eigenvalue weighted by Crippen LogP contribution is -2.39. The van der Waals surface area contributed by atoms with Gasteiger partial charge in [-0.2, -0.15) is 0 Å². The van der Waals surface area contributed by atoms with Crippen LogP contribution in [0.2, 0.25) is 0 Å². The number of rotatable bonds is 2. The number of para-hydroxylation sites is 1. The Morgan fingerprint density at radius 3 is 2.89 bits per heavy atom. The van der Waals surface area contributed by atoms with Crippen LogP contribution in [0.5, 0.6) is 0 Å². The van der Waals surface area contributed by atoms with Crippen molar-refractivity contribution in [3.05, 3.63) is 65.4 Å². The Kier molecular flexibility index (Phi) is 3.93. The van der Waals surface area contributed by atoms with Crippen LogP contribution in [0.15, 0.2) is 42.7 Å². The van der Waals surface area contributed by atoms with E-state index >= 15 is 0 Å². The number of H-pyrrole nitrogens is 1. The Balaban J connectivity index is 1.40. The third-order valence-corrected chi connectivity index (χ3v) is 5.65. The number of piperidine rings is 1. The first-order valence-corrected chi connectivity index (χ1v) is 9.78. The normalized spacial score (nSPS) is 17.5. The fourth-order valence-electron chi connectivity index (χ4n) is 4.14. The predicted molar refractivity (Wildman–Crippen MR) is 109 cm³/mol. The largest absolute Gasteiger partial charge is 0.342 e. The minimum Gasteiger partial charge on any atom is -0.342 e. The SMILES string of the molecule is Cc1ccc2nc(C(=O)N3CCC[C@H](c4nc5c(C)cccc5[nH]4)C3)cn2c1. The molecule has 0 bridgehead atoms. The highest BCUT2D eigenvalue weighted by molar-refractivity contribution is 5.93. The van der Waals surface area contributed by atoms with Crippen molar-refractivity contribution in [3.8, 4) is 0 Å². The van der Waals surface area contributed by atoms with Gasteiger partial charge in [0.2, 0.25) is 0 Å². The van der Waals surface area contributed by atoms with Crippen molar-refractivity contribution in [3.63, 3.8) is 0 Å². The minimum absolute atomic E-state index is 0.00153. The Morgan fingerprint density at radius 2 is 2.04 bits per heavy atom. The first-order chi connectivity index (χ1) is 13.6. The number of amides is 1. The summed E-state index contributed by atoms with van der Waals surface area (Å²) < 4.78 is 1.92. The van der Waals surface area contributed by atoms with Gasteiger partial charge in [-0.25, -0.2) is 9.97 Å². The monoisotopic (exact) mass is 373 g/mol. The number of hydrogen-bond acceptors (Lipinski definition) is 3. The Morgan fingerprint density at radius 1 is 1.14 bits per heavy atom. The zero-order chi connectivity index (χ0) is 19.3. The third kappa shape index (κ3) is 2.85. The lowest BCUT2D eigenvalue weighted by atomic mass is 9.97. The number of nitrogens with zero attached hydrogens (tertiary/aromatic N) is 4. The molecular weight excluding hydrogens is 350 g/mol. The number of carbonyl (C=O) groups is 1.